The van der Waals surface area contributed by atoms with Gasteiger partial charge in [-0.1, -0.05) is 23.7 Å². The summed E-state index contributed by atoms with van der Waals surface area (Å²) in [5.74, 6) is -0.0296. The number of piperazine rings is 1. The van der Waals surface area contributed by atoms with Gasteiger partial charge < -0.3 is 19.4 Å². The molecule has 0 atom stereocenters. The fraction of sp³-hybridized carbons (Fsp3) is 0.484. The zero-order valence-corrected chi connectivity index (χ0v) is 25.8. The highest BCUT2D eigenvalue weighted by Gasteiger charge is 2.31. The fourth-order valence-corrected chi connectivity index (χ4v) is 5.51. The van der Waals surface area contributed by atoms with Crippen molar-refractivity contribution in [2.24, 2.45) is 0 Å². The number of carbonyl (C=O) groups excluding carboxylic acids is 2. The molecule has 2 aromatic heterocycles. The lowest BCUT2D eigenvalue weighted by Crippen LogP contribution is -2.50. The summed E-state index contributed by atoms with van der Waals surface area (Å²) in [5, 5.41) is 0.854. The van der Waals surface area contributed by atoms with Crippen molar-refractivity contribution in [1.29, 1.82) is 0 Å². The third-order valence-electron chi connectivity index (χ3n) is 7.01. The summed E-state index contributed by atoms with van der Waals surface area (Å²) in [5.41, 5.74) is 1.24. The number of hydrogen-bond acceptors (Lipinski definition) is 6. The van der Waals surface area contributed by atoms with E-state index in [1.54, 1.807) is 41.0 Å². The van der Waals surface area contributed by atoms with Gasteiger partial charge in [-0.15, -0.1) is 0 Å². The molecule has 0 N–H and O–H groups in total. The first kappa shape index (κ1) is 30.5. The molecule has 220 valence electrons. The normalized spacial score (nSPS) is 14.2. The smallest absolute Gasteiger partial charge is 0.410 e. The second-order valence-electron chi connectivity index (χ2n) is 11.9. The second-order valence-corrected chi connectivity index (χ2v) is 12.4. The van der Waals surface area contributed by atoms with Gasteiger partial charge in [-0.25, -0.2) is 19.2 Å². The molecule has 10 heteroatoms. The molecule has 0 saturated carbocycles. The molecule has 1 aliphatic heterocycles. The van der Waals surface area contributed by atoms with Crippen LogP contribution in [0.3, 0.4) is 0 Å². The first-order valence-electron chi connectivity index (χ1n) is 14.0. The van der Waals surface area contributed by atoms with Gasteiger partial charge in [0.25, 0.3) is 5.91 Å². The minimum atomic E-state index is -0.580. The van der Waals surface area contributed by atoms with Crippen LogP contribution < -0.4 is 4.90 Å². The lowest BCUT2D eigenvalue weighted by Gasteiger charge is -2.37. The maximum Gasteiger partial charge on any atom is 0.410 e. The number of anilines is 1. The van der Waals surface area contributed by atoms with Gasteiger partial charge in [0, 0.05) is 49.2 Å². The van der Waals surface area contributed by atoms with Crippen molar-refractivity contribution in [3.05, 3.63) is 52.4 Å². The first-order valence-corrected chi connectivity index (χ1v) is 14.4. The van der Waals surface area contributed by atoms with E-state index >= 15 is 0 Å². The van der Waals surface area contributed by atoms with E-state index in [2.05, 4.69) is 4.90 Å². The standard InChI is InChI=1S/C31H39ClFN5O3/c1-18(2)38(19(3)4)29(39)25-20(5)34-28(36-13-15-37(16-14-36)30(40)41-31(6,7)8)22-17-23(32)26(35-27(22)25)21-11-9-10-12-24(21)33/h9-12,17-19H,13-16H2,1-8H3. The second kappa shape index (κ2) is 11.8. The zero-order chi connectivity index (χ0) is 30.2. The van der Waals surface area contributed by atoms with Crippen LogP contribution >= 0.6 is 11.6 Å². The number of nitrogens with zero attached hydrogens (tertiary/aromatic N) is 5. The molecule has 8 nitrogen and oxygen atoms in total. The van der Waals surface area contributed by atoms with E-state index < -0.39 is 11.4 Å². The first-order chi connectivity index (χ1) is 19.2. The van der Waals surface area contributed by atoms with Crippen LogP contribution in [-0.4, -0.2) is 75.6 Å². The van der Waals surface area contributed by atoms with E-state index in [-0.39, 0.29) is 40.4 Å². The highest BCUT2D eigenvalue weighted by Crippen LogP contribution is 2.37. The lowest BCUT2D eigenvalue weighted by molar-refractivity contribution is 0.0240. The van der Waals surface area contributed by atoms with E-state index in [1.165, 1.54) is 6.07 Å². The SMILES string of the molecule is Cc1nc(N2CCN(C(=O)OC(C)(C)C)CC2)c2cc(Cl)c(-c3ccccc3F)nc2c1C(=O)N(C(C)C)C(C)C. The van der Waals surface area contributed by atoms with Crippen molar-refractivity contribution in [3.8, 4) is 11.3 Å². The van der Waals surface area contributed by atoms with Crippen LogP contribution in [0.4, 0.5) is 15.0 Å². The number of ether oxygens (including phenoxy) is 1. The summed E-state index contributed by atoms with van der Waals surface area (Å²) in [6.45, 7) is 17.1. The number of carbonyl (C=O) groups is 2. The van der Waals surface area contributed by atoms with E-state index in [1.807, 2.05) is 48.5 Å². The number of halogens is 2. The molecule has 4 rings (SSSR count). The van der Waals surface area contributed by atoms with Crippen molar-refractivity contribution < 1.29 is 18.7 Å². The molecular formula is C31H39ClFN5O3. The molecule has 2 amide bonds. The monoisotopic (exact) mass is 583 g/mol. The molecule has 0 aliphatic carbocycles. The number of aryl methyl sites for hydroxylation is 1. The minimum absolute atomic E-state index is 0.0594. The Labute approximate surface area is 246 Å². The average molecular weight is 584 g/mol. The van der Waals surface area contributed by atoms with Crippen molar-refractivity contribution in [2.75, 3.05) is 31.1 Å². The maximum atomic E-state index is 14.9. The maximum absolute atomic E-state index is 14.9. The number of aromatic nitrogens is 2. The quantitative estimate of drug-likeness (QED) is 0.332. The summed E-state index contributed by atoms with van der Waals surface area (Å²) in [7, 11) is 0. The Hall–Kier alpha value is -3.46. The van der Waals surface area contributed by atoms with E-state index in [0.717, 1.165) is 0 Å². The molecule has 0 spiro atoms. The predicted molar refractivity (Wildman–Crippen MR) is 161 cm³/mol. The molecule has 41 heavy (non-hydrogen) atoms. The molecule has 1 fully saturated rings. The largest absolute Gasteiger partial charge is 0.444 e. The van der Waals surface area contributed by atoms with Gasteiger partial charge in [0.15, 0.2) is 0 Å². The predicted octanol–water partition coefficient (Wildman–Crippen LogP) is 6.71. The summed E-state index contributed by atoms with van der Waals surface area (Å²) in [6.07, 6.45) is -0.353. The summed E-state index contributed by atoms with van der Waals surface area (Å²) in [6, 6.07) is 7.91. The van der Waals surface area contributed by atoms with Gasteiger partial charge in [-0.2, -0.15) is 0 Å². The number of hydrogen-bond donors (Lipinski definition) is 0. The van der Waals surface area contributed by atoms with Gasteiger partial charge in [0.05, 0.1) is 27.5 Å². The van der Waals surface area contributed by atoms with Crippen molar-refractivity contribution in [3.63, 3.8) is 0 Å². The third kappa shape index (κ3) is 6.40. The highest BCUT2D eigenvalue weighted by molar-refractivity contribution is 6.34. The Morgan fingerprint density at radius 2 is 1.63 bits per heavy atom. The van der Waals surface area contributed by atoms with E-state index in [0.29, 0.717) is 54.2 Å². The van der Waals surface area contributed by atoms with Crippen LogP contribution in [-0.2, 0) is 4.74 Å². The fourth-order valence-electron chi connectivity index (χ4n) is 5.26. The number of fused-ring (bicyclic) bond motifs is 1. The molecule has 3 heterocycles. The van der Waals surface area contributed by atoms with Crippen molar-refractivity contribution in [1.82, 2.24) is 19.8 Å². The molecule has 0 bridgehead atoms. The number of amides is 2. The Morgan fingerprint density at radius 3 is 2.20 bits per heavy atom. The van der Waals surface area contributed by atoms with Crippen LogP contribution in [0, 0.1) is 12.7 Å². The summed E-state index contributed by atoms with van der Waals surface area (Å²) < 4.78 is 20.4. The molecule has 1 aromatic carbocycles. The Morgan fingerprint density at radius 1 is 1.02 bits per heavy atom. The minimum Gasteiger partial charge on any atom is -0.444 e. The zero-order valence-electron chi connectivity index (χ0n) is 25.1. The Bertz CT molecular complexity index is 1450. The molecular weight excluding hydrogens is 545 g/mol. The average Bonchev–Trinajstić information content (AvgIpc) is 2.87. The van der Waals surface area contributed by atoms with Crippen LogP contribution in [0.25, 0.3) is 22.2 Å². The molecule has 3 aromatic rings. The summed E-state index contributed by atoms with van der Waals surface area (Å²) >= 11 is 6.74. The van der Waals surface area contributed by atoms with Gasteiger partial charge in [-0.3, -0.25) is 4.79 Å². The summed E-state index contributed by atoms with van der Waals surface area (Å²) in [4.78, 5) is 42.0. The molecule has 1 aliphatic rings. The Kier molecular flexibility index (Phi) is 8.78. The van der Waals surface area contributed by atoms with Crippen LogP contribution in [0.15, 0.2) is 30.3 Å². The van der Waals surface area contributed by atoms with Gasteiger partial charge in [0.2, 0.25) is 0 Å². The van der Waals surface area contributed by atoms with Gasteiger partial charge in [-0.05, 0) is 73.6 Å². The topological polar surface area (TPSA) is 78.9 Å². The van der Waals surface area contributed by atoms with Gasteiger partial charge >= 0.3 is 6.09 Å². The number of rotatable bonds is 5. The van der Waals surface area contributed by atoms with Crippen LogP contribution in [0.2, 0.25) is 5.02 Å². The number of pyridine rings is 2. The van der Waals surface area contributed by atoms with E-state index in [4.69, 9.17) is 26.3 Å². The Balaban J connectivity index is 1.85. The van der Waals surface area contributed by atoms with Crippen LogP contribution in [0.1, 0.15) is 64.5 Å². The molecule has 0 unspecified atom stereocenters. The highest BCUT2D eigenvalue weighted by atomic mass is 35.5. The van der Waals surface area contributed by atoms with Crippen molar-refractivity contribution >= 4 is 40.3 Å². The van der Waals surface area contributed by atoms with Gasteiger partial charge in [0.1, 0.15) is 17.2 Å². The van der Waals surface area contributed by atoms with Crippen molar-refractivity contribution in [2.45, 2.75) is 73.1 Å². The lowest BCUT2D eigenvalue weighted by atomic mass is 10.0. The third-order valence-corrected chi connectivity index (χ3v) is 7.30. The molecule has 1 saturated heterocycles. The molecule has 0 radical (unpaired) electrons. The van der Waals surface area contributed by atoms with Crippen LogP contribution in [0.5, 0.6) is 0 Å². The number of benzene rings is 1. The van der Waals surface area contributed by atoms with E-state index in [9.17, 15) is 14.0 Å².